The molecule has 0 spiro atoms. The van der Waals surface area contributed by atoms with E-state index in [1.165, 1.54) is 0 Å². The number of hydrogen-bond donors (Lipinski definition) is 3. The summed E-state index contributed by atoms with van der Waals surface area (Å²) in [5, 5.41) is 6.86. The summed E-state index contributed by atoms with van der Waals surface area (Å²) in [6.07, 6.45) is 4.17. The first-order chi connectivity index (χ1) is 14.5. The minimum absolute atomic E-state index is 0.0173. The highest BCUT2D eigenvalue weighted by atomic mass is 16.5. The number of nitrogens with one attached hydrogen (secondary N) is 2. The van der Waals surface area contributed by atoms with Crippen molar-refractivity contribution in [3.63, 3.8) is 0 Å². The molecule has 2 rings (SSSR count). The van der Waals surface area contributed by atoms with Crippen LogP contribution in [0.25, 0.3) is 0 Å². The molecule has 2 atom stereocenters. The van der Waals surface area contributed by atoms with E-state index < -0.39 is 0 Å². The van der Waals surface area contributed by atoms with E-state index in [9.17, 15) is 4.79 Å². The highest BCUT2D eigenvalue weighted by molar-refractivity contribution is 5.79. The maximum atomic E-state index is 11.4. The number of likely N-dealkylation sites (tertiary alicyclic amines) is 1. The molecule has 2 unspecified atom stereocenters. The van der Waals surface area contributed by atoms with E-state index in [2.05, 4.69) is 41.2 Å². The van der Waals surface area contributed by atoms with Gasteiger partial charge in [-0.3, -0.25) is 14.7 Å². The van der Waals surface area contributed by atoms with Crippen LogP contribution in [-0.4, -0.2) is 93.3 Å². The zero-order valence-electron chi connectivity index (χ0n) is 19.4. The van der Waals surface area contributed by atoms with Crippen molar-refractivity contribution < 1.29 is 9.53 Å². The number of guanidine groups is 1. The molecule has 2 fully saturated rings. The Hall–Kier alpha value is -1.38. The SMILES string of the molecule is CCNC(=NCC(CC(C)C)N1CCOCC1)NCCCN1CCCC(C(N)=O)C1. The fourth-order valence-corrected chi connectivity index (χ4v) is 4.36. The van der Waals surface area contributed by atoms with Crippen molar-refractivity contribution in [1.82, 2.24) is 20.4 Å². The molecular formula is C22H44N6O2. The Labute approximate surface area is 183 Å². The third-order valence-electron chi connectivity index (χ3n) is 5.96. The van der Waals surface area contributed by atoms with Crippen LogP contribution in [0.1, 0.15) is 46.5 Å². The number of nitrogens with two attached hydrogens (primary N) is 1. The molecule has 0 aromatic carbocycles. The second-order valence-electron chi connectivity index (χ2n) is 8.97. The number of aliphatic imine (C=N–C) groups is 1. The van der Waals surface area contributed by atoms with Crippen LogP contribution >= 0.6 is 0 Å². The van der Waals surface area contributed by atoms with Crippen LogP contribution in [0.15, 0.2) is 4.99 Å². The van der Waals surface area contributed by atoms with Gasteiger partial charge in [-0.15, -0.1) is 0 Å². The summed E-state index contributed by atoms with van der Waals surface area (Å²) in [5.74, 6) is 1.41. The standard InChI is InChI=1S/C22H44N6O2/c1-4-24-22(25-8-6-10-27-9-5-7-19(17-27)21(23)29)26-16-20(15-18(2)3)28-11-13-30-14-12-28/h18-20H,4-17H2,1-3H3,(H2,23,29)(H2,24,25,26). The minimum Gasteiger partial charge on any atom is -0.379 e. The lowest BCUT2D eigenvalue weighted by atomic mass is 9.97. The molecule has 2 heterocycles. The molecule has 2 saturated heterocycles. The summed E-state index contributed by atoms with van der Waals surface area (Å²) in [4.78, 5) is 21.2. The molecule has 0 saturated carbocycles. The molecule has 2 aliphatic rings. The van der Waals surface area contributed by atoms with Crippen LogP contribution in [0, 0.1) is 11.8 Å². The minimum atomic E-state index is -0.157. The van der Waals surface area contributed by atoms with Gasteiger partial charge < -0.3 is 26.0 Å². The molecular weight excluding hydrogens is 380 g/mol. The first-order valence-corrected chi connectivity index (χ1v) is 11.8. The second kappa shape index (κ2) is 13.8. The monoisotopic (exact) mass is 424 g/mol. The smallest absolute Gasteiger partial charge is 0.221 e. The number of primary amides is 1. The summed E-state index contributed by atoms with van der Waals surface area (Å²) in [5.41, 5.74) is 5.49. The number of morpholine rings is 1. The second-order valence-corrected chi connectivity index (χ2v) is 8.97. The predicted molar refractivity (Wildman–Crippen MR) is 123 cm³/mol. The number of hydrogen-bond acceptors (Lipinski definition) is 5. The van der Waals surface area contributed by atoms with E-state index in [0.717, 1.165) is 97.2 Å². The average molecular weight is 425 g/mol. The van der Waals surface area contributed by atoms with Gasteiger partial charge in [-0.1, -0.05) is 13.8 Å². The summed E-state index contributed by atoms with van der Waals surface area (Å²) in [6.45, 7) is 15.7. The maximum absolute atomic E-state index is 11.4. The van der Waals surface area contributed by atoms with E-state index in [1.54, 1.807) is 0 Å². The van der Waals surface area contributed by atoms with Crippen molar-refractivity contribution in [2.75, 3.05) is 65.6 Å². The van der Waals surface area contributed by atoms with Gasteiger partial charge in [0.1, 0.15) is 0 Å². The lowest BCUT2D eigenvalue weighted by Crippen LogP contribution is -2.46. The van der Waals surface area contributed by atoms with Gasteiger partial charge >= 0.3 is 0 Å². The summed E-state index contributed by atoms with van der Waals surface area (Å²) < 4.78 is 5.52. The summed E-state index contributed by atoms with van der Waals surface area (Å²) >= 11 is 0. The van der Waals surface area contributed by atoms with Gasteiger partial charge in [0.15, 0.2) is 5.96 Å². The van der Waals surface area contributed by atoms with Crippen LogP contribution in [0.2, 0.25) is 0 Å². The zero-order valence-corrected chi connectivity index (χ0v) is 19.4. The molecule has 0 radical (unpaired) electrons. The Bertz CT molecular complexity index is 522. The molecule has 1 amide bonds. The number of ether oxygens (including phenoxy) is 1. The fourth-order valence-electron chi connectivity index (χ4n) is 4.36. The van der Waals surface area contributed by atoms with E-state index in [1.807, 2.05) is 0 Å². The lowest BCUT2D eigenvalue weighted by molar-refractivity contribution is -0.123. The third kappa shape index (κ3) is 9.18. The van der Waals surface area contributed by atoms with Crippen molar-refractivity contribution >= 4 is 11.9 Å². The highest BCUT2D eigenvalue weighted by Gasteiger charge is 2.24. The molecule has 0 aromatic heterocycles. The van der Waals surface area contributed by atoms with E-state index >= 15 is 0 Å². The number of amides is 1. The molecule has 8 heteroatoms. The zero-order chi connectivity index (χ0) is 21.8. The number of carbonyl (C=O) groups is 1. The van der Waals surface area contributed by atoms with E-state index in [4.69, 9.17) is 15.5 Å². The average Bonchev–Trinajstić information content (AvgIpc) is 2.74. The van der Waals surface area contributed by atoms with Crippen molar-refractivity contribution in [2.24, 2.45) is 22.6 Å². The number of carbonyl (C=O) groups excluding carboxylic acids is 1. The summed E-state index contributed by atoms with van der Waals surface area (Å²) in [6, 6.07) is 0.462. The molecule has 174 valence electrons. The van der Waals surface area contributed by atoms with Crippen molar-refractivity contribution in [3.05, 3.63) is 0 Å². The molecule has 2 aliphatic heterocycles. The van der Waals surface area contributed by atoms with Crippen LogP contribution < -0.4 is 16.4 Å². The lowest BCUT2D eigenvalue weighted by Gasteiger charge is -2.34. The fraction of sp³-hybridized carbons (Fsp3) is 0.909. The topological polar surface area (TPSA) is 95.2 Å². The Balaban J connectivity index is 1.78. The number of nitrogens with zero attached hydrogens (tertiary/aromatic N) is 3. The Morgan fingerprint density at radius 1 is 1.23 bits per heavy atom. The molecule has 8 nitrogen and oxygen atoms in total. The van der Waals surface area contributed by atoms with Gasteiger partial charge in [0.05, 0.1) is 25.7 Å². The van der Waals surface area contributed by atoms with Gasteiger partial charge in [0.2, 0.25) is 5.91 Å². The highest BCUT2D eigenvalue weighted by Crippen LogP contribution is 2.16. The van der Waals surface area contributed by atoms with Gasteiger partial charge in [0, 0.05) is 38.8 Å². The normalized spacial score (nSPS) is 22.8. The van der Waals surface area contributed by atoms with Crippen LogP contribution in [0.4, 0.5) is 0 Å². The molecule has 0 aliphatic carbocycles. The van der Waals surface area contributed by atoms with Crippen LogP contribution in [0.3, 0.4) is 0 Å². The first-order valence-electron chi connectivity index (χ1n) is 11.8. The van der Waals surface area contributed by atoms with Gasteiger partial charge in [-0.2, -0.15) is 0 Å². The number of piperidine rings is 1. The summed E-state index contributed by atoms with van der Waals surface area (Å²) in [7, 11) is 0. The maximum Gasteiger partial charge on any atom is 0.221 e. The van der Waals surface area contributed by atoms with Crippen LogP contribution in [-0.2, 0) is 9.53 Å². The van der Waals surface area contributed by atoms with Crippen molar-refractivity contribution in [2.45, 2.75) is 52.5 Å². The van der Waals surface area contributed by atoms with Crippen LogP contribution in [0.5, 0.6) is 0 Å². The van der Waals surface area contributed by atoms with E-state index in [-0.39, 0.29) is 11.8 Å². The molecule has 0 bridgehead atoms. The third-order valence-corrected chi connectivity index (χ3v) is 5.96. The quantitative estimate of drug-likeness (QED) is 0.259. The van der Waals surface area contributed by atoms with Crippen molar-refractivity contribution in [1.29, 1.82) is 0 Å². The van der Waals surface area contributed by atoms with Gasteiger partial charge in [-0.25, -0.2) is 0 Å². The molecule has 0 aromatic rings. The largest absolute Gasteiger partial charge is 0.379 e. The molecule has 4 N–H and O–H groups in total. The van der Waals surface area contributed by atoms with Gasteiger partial charge in [0.25, 0.3) is 0 Å². The number of rotatable bonds is 11. The van der Waals surface area contributed by atoms with Gasteiger partial charge in [-0.05, 0) is 51.6 Å². The van der Waals surface area contributed by atoms with Crippen molar-refractivity contribution in [3.8, 4) is 0 Å². The first kappa shape index (κ1) is 24.9. The Morgan fingerprint density at radius 2 is 2.00 bits per heavy atom. The predicted octanol–water partition coefficient (Wildman–Crippen LogP) is 0.876. The Kier molecular flexibility index (Phi) is 11.5. The Morgan fingerprint density at radius 3 is 2.67 bits per heavy atom. The molecule has 30 heavy (non-hydrogen) atoms. The van der Waals surface area contributed by atoms with E-state index in [0.29, 0.717) is 12.0 Å².